The van der Waals surface area contributed by atoms with Crippen LogP contribution in [0.2, 0.25) is 0 Å². The fraction of sp³-hybridized carbons (Fsp3) is 0.667. The molecule has 0 spiro atoms. The summed E-state index contributed by atoms with van der Waals surface area (Å²) in [5, 5.41) is 3.72. The van der Waals surface area contributed by atoms with Crippen LogP contribution in [-0.4, -0.2) is 12.6 Å². The predicted octanol–water partition coefficient (Wildman–Crippen LogP) is 5.19. The number of hydrogen-bond acceptors (Lipinski definition) is 1. The molecule has 2 rings (SSSR count). The van der Waals surface area contributed by atoms with Gasteiger partial charge in [-0.1, -0.05) is 54.8 Å². The lowest BCUT2D eigenvalue weighted by Gasteiger charge is -2.18. The summed E-state index contributed by atoms with van der Waals surface area (Å²) >= 11 is 3.58. The summed E-state index contributed by atoms with van der Waals surface area (Å²) in [5.74, 6) is 1.61. The van der Waals surface area contributed by atoms with Crippen LogP contribution in [0.1, 0.15) is 51.5 Å². The molecule has 1 saturated carbocycles. The van der Waals surface area contributed by atoms with Gasteiger partial charge in [0.15, 0.2) is 0 Å². The van der Waals surface area contributed by atoms with Gasteiger partial charge in [-0.3, -0.25) is 0 Å². The SMILES string of the molecule is CC(C)CCCC(CNC1CC1)Cc1cccc(Br)c1. The number of hydrogen-bond donors (Lipinski definition) is 1. The van der Waals surface area contributed by atoms with Gasteiger partial charge in [0.1, 0.15) is 0 Å². The van der Waals surface area contributed by atoms with Gasteiger partial charge in [0, 0.05) is 10.5 Å². The van der Waals surface area contributed by atoms with Crippen molar-refractivity contribution in [2.45, 2.75) is 58.4 Å². The molecule has 0 radical (unpaired) electrons. The zero-order chi connectivity index (χ0) is 14.4. The van der Waals surface area contributed by atoms with Crippen LogP contribution in [0.25, 0.3) is 0 Å². The van der Waals surface area contributed by atoms with Crippen LogP contribution in [0.15, 0.2) is 28.7 Å². The van der Waals surface area contributed by atoms with Gasteiger partial charge in [0.2, 0.25) is 0 Å². The lowest BCUT2D eigenvalue weighted by molar-refractivity contribution is 0.405. The number of rotatable bonds is 9. The van der Waals surface area contributed by atoms with Crippen molar-refractivity contribution in [3.8, 4) is 0 Å². The Morgan fingerprint density at radius 1 is 1.25 bits per heavy atom. The molecule has 0 aliphatic heterocycles. The summed E-state index contributed by atoms with van der Waals surface area (Å²) in [7, 11) is 0. The van der Waals surface area contributed by atoms with E-state index in [0.29, 0.717) is 0 Å². The smallest absolute Gasteiger partial charge is 0.0177 e. The average Bonchev–Trinajstić information content (AvgIpc) is 3.19. The third kappa shape index (κ3) is 6.41. The van der Waals surface area contributed by atoms with Gasteiger partial charge in [-0.2, -0.15) is 0 Å². The van der Waals surface area contributed by atoms with E-state index >= 15 is 0 Å². The molecular formula is C18H28BrN. The minimum Gasteiger partial charge on any atom is -0.314 e. The maximum atomic E-state index is 3.72. The Balaban J connectivity index is 1.83. The van der Waals surface area contributed by atoms with Gasteiger partial charge in [-0.05, 0) is 61.8 Å². The van der Waals surface area contributed by atoms with E-state index < -0.39 is 0 Å². The van der Waals surface area contributed by atoms with Crippen LogP contribution in [0.3, 0.4) is 0 Å². The van der Waals surface area contributed by atoms with Gasteiger partial charge in [-0.15, -0.1) is 0 Å². The highest BCUT2D eigenvalue weighted by molar-refractivity contribution is 9.10. The second-order valence-corrected chi connectivity index (χ2v) is 7.62. The summed E-state index contributed by atoms with van der Waals surface area (Å²) in [5.41, 5.74) is 1.46. The van der Waals surface area contributed by atoms with E-state index in [9.17, 15) is 0 Å². The molecule has 1 nitrogen and oxygen atoms in total. The molecule has 2 heteroatoms. The number of halogens is 1. The summed E-state index contributed by atoms with van der Waals surface area (Å²) in [6.07, 6.45) is 8.05. The zero-order valence-electron chi connectivity index (χ0n) is 12.9. The summed E-state index contributed by atoms with van der Waals surface area (Å²) in [6, 6.07) is 9.62. The number of benzene rings is 1. The van der Waals surface area contributed by atoms with Crippen LogP contribution in [0, 0.1) is 11.8 Å². The Hall–Kier alpha value is -0.340. The zero-order valence-corrected chi connectivity index (χ0v) is 14.5. The molecule has 0 aromatic heterocycles. The van der Waals surface area contributed by atoms with Gasteiger partial charge in [0.05, 0.1) is 0 Å². The van der Waals surface area contributed by atoms with Crippen molar-refractivity contribution in [3.05, 3.63) is 34.3 Å². The Kier molecular flexibility index (Phi) is 6.57. The van der Waals surface area contributed by atoms with Crippen molar-refractivity contribution < 1.29 is 0 Å². The molecular weight excluding hydrogens is 310 g/mol. The van der Waals surface area contributed by atoms with Crippen LogP contribution < -0.4 is 5.32 Å². The third-order valence-corrected chi connectivity index (χ3v) is 4.57. The van der Waals surface area contributed by atoms with E-state index in [1.165, 1.54) is 55.1 Å². The predicted molar refractivity (Wildman–Crippen MR) is 91.0 cm³/mol. The van der Waals surface area contributed by atoms with E-state index in [1.807, 2.05) is 0 Å². The highest BCUT2D eigenvalue weighted by atomic mass is 79.9. The minimum atomic E-state index is 0.781. The molecule has 0 saturated heterocycles. The van der Waals surface area contributed by atoms with Crippen molar-refractivity contribution in [1.29, 1.82) is 0 Å². The molecule has 1 atom stereocenters. The normalized spacial score (nSPS) is 16.6. The Labute approximate surface area is 132 Å². The van der Waals surface area contributed by atoms with Crippen molar-refractivity contribution in [2.75, 3.05) is 6.54 Å². The molecule has 0 heterocycles. The largest absolute Gasteiger partial charge is 0.314 e. The van der Waals surface area contributed by atoms with Crippen molar-refractivity contribution in [3.63, 3.8) is 0 Å². The lowest BCUT2D eigenvalue weighted by atomic mass is 9.92. The van der Waals surface area contributed by atoms with Crippen molar-refractivity contribution in [1.82, 2.24) is 5.32 Å². The first-order valence-electron chi connectivity index (χ1n) is 8.11. The Morgan fingerprint density at radius 2 is 2.05 bits per heavy atom. The molecule has 0 amide bonds. The average molecular weight is 338 g/mol. The third-order valence-electron chi connectivity index (χ3n) is 4.08. The Bertz CT molecular complexity index is 398. The van der Waals surface area contributed by atoms with E-state index in [0.717, 1.165) is 17.9 Å². The summed E-state index contributed by atoms with van der Waals surface area (Å²) in [6.45, 7) is 5.84. The maximum absolute atomic E-state index is 3.72. The molecule has 1 aromatic rings. The molecule has 1 aliphatic carbocycles. The van der Waals surface area contributed by atoms with E-state index in [2.05, 4.69) is 59.4 Å². The standard InChI is InChI=1S/C18H28BrN/c1-14(2)5-3-7-16(13-20-18-9-10-18)11-15-6-4-8-17(19)12-15/h4,6,8,12,14,16,18,20H,3,5,7,9-11,13H2,1-2H3. The molecule has 112 valence electrons. The first-order chi connectivity index (χ1) is 9.63. The van der Waals surface area contributed by atoms with Gasteiger partial charge in [0.25, 0.3) is 0 Å². The second kappa shape index (κ2) is 8.19. The fourth-order valence-corrected chi connectivity index (χ4v) is 3.16. The Morgan fingerprint density at radius 3 is 2.70 bits per heavy atom. The molecule has 0 bridgehead atoms. The topological polar surface area (TPSA) is 12.0 Å². The minimum absolute atomic E-state index is 0.781. The van der Waals surface area contributed by atoms with Crippen molar-refractivity contribution >= 4 is 15.9 Å². The molecule has 1 unspecified atom stereocenters. The first-order valence-corrected chi connectivity index (χ1v) is 8.90. The maximum Gasteiger partial charge on any atom is 0.0177 e. The highest BCUT2D eigenvalue weighted by Gasteiger charge is 2.22. The quantitative estimate of drug-likeness (QED) is 0.654. The van der Waals surface area contributed by atoms with Crippen LogP contribution in [-0.2, 0) is 6.42 Å². The molecule has 1 aliphatic rings. The first kappa shape index (κ1) is 16.0. The summed E-state index contributed by atoms with van der Waals surface area (Å²) in [4.78, 5) is 0. The molecule has 1 N–H and O–H groups in total. The van der Waals surface area contributed by atoms with Crippen LogP contribution >= 0.6 is 15.9 Å². The monoisotopic (exact) mass is 337 g/mol. The van der Waals surface area contributed by atoms with E-state index in [1.54, 1.807) is 0 Å². The van der Waals surface area contributed by atoms with Crippen LogP contribution in [0.5, 0.6) is 0 Å². The highest BCUT2D eigenvalue weighted by Crippen LogP contribution is 2.22. The number of nitrogens with one attached hydrogen (secondary N) is 1. The molecule has 20 heavy (non-hydrogen) atoms. The van der Waals surface area contributed by atoms with Gasteiger partial charge >= 0.3 is 0 Å². The van der Waals surface area contributed by atoms with Gasteiger partial charge in [-0.25, -0.2) is 0 Å². The van der Waals surface area contributed by atoms with Crippen LogP contribution in [0.4, 0.5) is 0 Å². The van der Waals surface area contributed by atoms with Crippen molar-refractivity contribution in [2.24, 2.45) is 11.8 Å². The van der Waals surface area contributed by atoms with E-state index in [-0.39, 0.29) is 0 Å². The summed E-state index contributed by atoms with van der Waals surface area (Å²) < 4.78 is 1.20. The molecule has 1 fully saturated rings. The molecule has 1 aromatic carbocycles. The van der Waals surface area contributed by atoms with E-state index in [4.69, 9.17) is 0 Å². The fourth-order valence-electron chi connectivity index (χ4n) is 2.71. The second-order valence-electron chi connectivity index (χ2n) is 6.71. The lowest BCUT2D eigenvalue weighted by Crippen LogP contribution is -2.26. The van der Waals surface area contributed by atoms with Gasteiger partial charge < -0.3 is 5.32 Å².